The van der Waals surface area contributed by atoms with E-state index in [1.54, 1.807) is 25.2 Å². The van der Waals surface area contributed by atoms with E-state index >= 15 is 0 Å². The lowest BCUT2D eigenvalue weighted by molar-refractivity contribution is 0.249. The molecule has 2 aromatic heterocycles. The van der Waals surface area contributed by atoms with Gasteiger partial charge in [-0.1, -0.05) is 18.2 Å². The lowest BCUT2D eigenvalue weighted by Crippen LogP contribution is -2.35. The van der Waals surface area contributed by atoms with E-state index in [0.29, 0.717) is 24.8 Å². The van der Waals surface area contributed by atoms with E-state index in [2.05, 4.69) is 37.6 Å². The van der Waals surface area contributed by atoms with Crippen molar-refractivity contribution in [3.8, 4) is 5.69 Å². The summed E-state index contributed by atoms with van der Waals surface area (Å²) in [6.45, 7) is 1.48. The van der Waals surface area contributed by atoms with Crippen LogP contribution in [0.1, 0.15) is 22.6 Å². The number of anilines is 2. The fraction of sp³-hybridized carbons (Fsp3) is 0.250. The fourth-order valence-electron chi connectivity index (χ4n) is 4.02. The van der Waals surface area contributed by atoms with Crippen LogP contribution in [0.4, 0.5) is 16.4 Å². The van der Waals surface area contributed by atoms with Gasteiger partial charge in [0.2, 0.25) is 5.89 Å². The lowest BCUT2D eigenvalue weighted by Gasteiger charge is -2.28. The second kappa shape index (κ2) is 8.78. The highest BCUT2D eigenvalue weighted by Crippen LogP contribution is 2.27. The number of nitrogens with zero attached hydrogens (tertiary/aromatic N) is 6. The van der Waals surface area contributed by atoms with Crippen LogP contribution in [0, 0.1) is 0 Å². The molecule has 0 bridgehead atoms. The highest BCUT2D eigenvalue weighted by Gasteiger charge is 2.22. The number of fused-ring (bicyclic) bond motifs is 1. The van der Waals surface area contributed by atoms with Gasteiger partial charge < -0.3 is 14.7 Å². The van der Waals surface area contributed by atoms with Gasteiger partial charge in [-0.2, -0.15) is 10.1 Å². The molecule has 0 saturated heterocycles. The maximum atomic E-state index is 12.0. The summed E-state index contributed by atoms with van der Waals surface area (Å²) in [5, 5.41) is 11.1. The molecule has 1 aliphatic heterocycles. The third kappa shape index (κ3) is 4.30. The zero-order valence-corrected chi connectivity index (χ0v) is 18.6. The first-order valence-corrected chi connectivity index (χ1v) is 10.8. The Balaban J connectivity index is 1.27. The molecule has 0 radical (unpaired) electrons. The summed E-state index contributed by atoms with van der Waals surface area (Å²) in [5.74, 6) is 1.17. The Kier molecular flexibility index (Phi) is 5.52. The molecule has 33 heavy (non-hydrogen) atoms. The van der Waals surface area contributed by atoms with Crippen LogP contribution in [-0.2, 0) is 19.4 Å². The van der Waals surface area contributed by atoms with E-state index in [4.69, 9.17) is 4.52 Å². The number of nitrogens with one attached hydrogen (secondary N) is 1. The predicted octanol–water partition coefficient (Wildman–Crippen LogP) is 3.18. The van der Waals surface area contributed by atoms with Gasteiger partial charge in [0.15, 0.2) is 0 Å². The Morgan fingerprint density at radius 3 is 2.79 bits per heavy atom. The van der Waals surface area contributed by atoms with Crippen LogP contribution in [0.3, 0.4) is 0 Å². The Labute approximate surface area is 191 Å². The molecule has 0 fully saturated rings. The molecule has 3 heterocycles. The van der Waals surface area contributed by atoms with E-state index in [1.165, 1.54) is 5.56 Å². The largest absolute Gasteiger partial charge is 0.341 e. The summed E-state index contributed by atoms with van der Waals surface area (Å²) in [4.78, 5) is 20.3. The minimum atomic E-state index is -0.150. The Hall–Kier alpha value is -4.14. The van der Waals surface area contributed by atoms with Gasteiger partial charge in [-0.25, -0.2) is 9.48 Å². The number of carbonyl (C=O) groups excluding carboxylic acids is 1. The fourth-order valence-corrected chi connectivity index (χ4v) is 4.02. The third-order valence-corrected chi connectivity index (χ3v) is 5.91. The first-order valence-electron chi connectivity index (χ1n) is 10.8. The second-order valence-corrected chi connectivity index (χ2v) is 8.02. The summed E-state index contributed by atoms with van der Waals surface area (Å²) in [6.07, 6.45) is 5.12. The maximum absolute atomic E-state index is 12.0. The van der Waals surface area contributed by atoms with E-state index in [1.807, 2.05) is 47.3 Å². The van der Waals surface area contributed by atoms with Crippen LogP contribution in [-0.4, -0.2) is 46.6 Å². The molecule has 0 spiro atoms. The van der Waals surface area contributed by atoms with Crippen molar-refractivity contribution >= 4 is 17.7 Å². The van der Waals surface area contributed by atoms with Gasteiger partial charge in [0.05, 0.1) is 12.1 Å². The SMILES string of the molecule is CNC(=O)N(C)c1ccc2c(c1)CN(c1noc(Cc3ccc(-n4cccn4)cc3)n1)CC2. The van der Waals surface area contributed by atoms with Crippen LogP contribution < -0.4 is 15.1 Å². The number of aromatic nitrogens is 4. The van der Waals surface area contributed by atoms with Gasteiger partial charge in [-0.3, -0.25) is 4.90 Å². The molecule has 4 aromatic rings. The predicted molar refractivity (Wildman–Crippen MR) is 125 cm³/mol. The molecule has 0 unspecified atom stereocenters. The minimum absolute atomic E-state index is 0.150. The van der Waals surface area contributed by atoms with Crippen LogP contribution in [0.5, 0.6) is 0 Å². The van der Waals surface area contributed by atoms with Crippen molar-refractivity contribution in [2.24, 2.45) is 0 Å². The molecule has 0 saturated carbocycles. The normalized spacial score (nSPS) is 13.0. The van der Waals surface area contributed by atoms with Crippen molar-refractivity contribution < 1.29 is 9.32 Å². The zero-order valence-electron chi connectivity index (χ0n) is 18.6. The number of rotatable bonds is 5. The smallest absolute Gasteiger partial charge is 0.321 e. The second-order valence-electron chi connectivity index (χ2n) is 8.02. The molecular formula is C24H25N7O2. The number of urea groups is 1. The van der Waals surface area contributed by atoms with Gasteiger partial charge in [0.1, 0.15) is 0 Å². The summed E-state index contributed by atoms with van der Waals surface area (Å²) in [6, 6.07) is 16.0. The Bertz CT molecular complexity index is 1250. The van der Waals surface area contributed by atoms with Crippen molar-refractivity contribution in [2.45, 2.75) is 19.4 Å². The molecule has 1 N–H and O–H groups in total. The quantitative estimate of drug-likeness (QED) is 0.509. The zero-order chi connectivity index (χ0) is 22.8. The third-order valence-electron chi connectivity index (χ3n) is 5.91. The average Bonchev–Trinajstić information content (AvgIpc) is 3.56. The first kappa shape index (κ1) is 20.7. The molecule has 2 aromatic carbocycles. The van der Waals surface area contributed by atoms with Crippen molar-refractivity contribution in [1.29, 1.82) is 0 Å². The van der Waals surface area contributed by atoms with Crippen LogP contribution in [0.25, 0.3) is 5.69 Å². The molecule has 2 amide bonds. The maximum Gasteiger partial charge on any atom is 0.321 e. The van der Waals surface area contributed by atoms with E-state index in [0.717, 1.165) is 35.5 Å². The van der Waals surface area contributed by atoms with Crippen molar-refractivity contribution in [3.05, 3.63) is 83.5 Å². The molecule has 0 aliphatic carbocycles. The van der Waals surface area contributed by atoms with E-state index in [9.17, 15) is 4.79 Å². The van der Waals surface area contributed by atoms with Crippen LogP contribution in [0.2, 0.25) is 0 Å². The highest BCUT2D eigenvalue weighted by atomic mass is 16.5. The minimum Gasteiger partial charge on any atom is -0.341 e. The number of carbonyl (C=O) groups is 1. The Morgan fingerprint density at radius 2 is 2.03 bits per heavy atom. The summed E-state index contributed by atoms with van der Waals surface area (Å²) in [5.41, 5.74) is 5.38. The number of hydrogen-bond acceptors (Lipinski definition) is 6. The highest BCUT2D eigenvalue weighted by molar-refractivity contribution is 5.91. The number of hydrogen-bond donors (Lipinski definition) is 1. The molecule has 168 valence electrons. The number of benzene rings is 2. The van der Waals surface area contributed by atoms with Crippen LogP contribution >= 0.6 is 0 Å². The molecule has 9 nitrogen and oxygen atoms in total. The van der Waals surface area contributed by atoms with E-state index < -0.39 is 0 Å². The Morgan fingerprint density at radius 1 is 1.18 bits per heavy atom. The number of amides is 2. The van der Waals surface area contributed by atoms with Crippen molar-refractivity contribution in [3.63, 3.8) is 0 Å². The van der Waals surface area contributed by atoms with Gasteiger partial charge in [0.25, 0.3) is 5.95 Å². The molecule has 9 heteroatoms. The molecular weight excluding hydrogens is 418 g/mol. The molecule has 1 aliphatic rings. The first-order chi connectivity index (χ1) is 16.1. The van der Waals surface area contributed by atoms with Crippen LogP contribution in [0.15, 0.2) is 65.4 Å². The lowest BCUT2D eigenvalue weighted by atomic mass is 9.99. The average molecular weight is 444 g/mol. The summed E-state index contributed by atoms with van der Waals surface area (Å²) >= 11 is 0. The topological polar surface area (TPSA) is 92.3 Å². The summed E-state index contributed by atoms with van der Waals surface area (Å²) < 4.78 is 7.36. The van der Waals surface area contributed by atoms with Crippen molar-refractivity contribution in [2.75, 3.05) is 30.4 Å². The summed E-state index contributed by atoms with van der Waals surface area (Å²) in [7, 11) is 3.38. The van der Waals surface area contributed by atoms with E-state index in [-0.39, 0.29) is 6.03 Å². The van der Waals surface area contributed by atoms with Gasteiger partial charge in [0, 0.05) is 45.3 Å². The van der Waals surface area contributed by atoms with Gasteiger partial charge >= 0.3 is 6.03 Å². The van der Waals surface area contributed by atoms with Gasteiger partial charge in [-0.15, -0.1) is 0 Å². The monoisotopic (exact) mass is 443 g/mol. The van der Waals surface area contributed by atoms with Gasteiger partial charge in [-0.05, 0) is 58.6 Å². The molecule has 5 rings (SSSR count). The van der Waals surface area contributed by atoms with Crippen molar-refractivity contribution in [1.82, 2.24) is 25.2 Å². The standard InChI is InChI=1S/C24H25N7O2/c1-25-24(32)29(2)21-9-6-18-10-13-30(16-19(18)15-21)23-27-22(33-28-23)14-17-4-7-20(8-5-17)31-12-3-11-26-31/h3-9,11-12,15H,10,13-14,16H2,1-2H3,(H,25,32). The molecule has 0 atom stereocenters.